The molecule has 0 bridgehead atoms. The summed E-state index contributed by atoms with van der Waals surface area (Å²) in [6, 6.07) is 10.8. The minimum Gasteiger partial charge on any atom is -0.492 e. The van der Waals surface area contributed by atoms with E-state index in [0.717, 1.165) is 12.8 Å². The van der Waals surface area contributed by atoms with Crippen LogP contribution in [0.2, 0.25) is 10.0 Å². The minimum atomic E-state index is -3.57. The molecular weight excluding hydrogens is 471 g/mol. The van der Waals surface area contributed by atoms with Gasteiger partial charge in [-0.1, -0.05) is 29.3 Å². The van der Waals surface area contributed by atoms with E-state index < -0.39 is 20.0 Å². The number of benzene rings is 2. The SMILES string of the molecule is O=S(=O)(Cc1ccc(Cl)c(Cl)c1)NCCOc1ccc(S(=O)(=O)N2CCCC2)cc1. The Labute approximate surface area is 187 Å². The molecule has 0 aromatic heterocycles. The van der Waals surface area contributed by atoms with Crippen LogP contribution in [0.4, 0.5) is 0 Å². The molecule has 164 valence electrons. The van der Waals surface area contributed by atoms with Crippen molar-refractivity contribution in [2.24, 2.45) is 0 Å². The van der Waals surface area contributed by atoms with Crippen molar-refractivity contribution in [3.63, 3.8) is 0 Å². The van der Waals surface area contributed by atoms with Gasteiger partial charge in [0.05, 0.1) is 20.7 Å². The van der Waals surface area contributed by atoms with Gasteiger partial charge in [-0.2, -0.15) is 4.31 Å². The van der Waals surface area contributed by atoms with Gasteiger partial charge in [0, 0.05) is 19.6 Å². The number of sulfonamides is 2. The summed E-state index contributed by atoms with van der Waals surface area (Å²) in [5.41, 5.74) is 0.521. The van der Waals surface area contributed by atoms with Gasteiger partial charge >= 0.3 is 0 Å². The maximum atomic E-state index is 12.5. The fourth-order valence-corrected chi connectivity index (χ4v) is 6.00. The maximum Gasteiger partial charge on any atom is 0.243 e. The molecule has 1 saturated heterocycles. The summed E-state index contributed by atoms with van der Waals surface area (Å²) in [5, 5.41) is 0.654. The summed E-state index contributed by atoms with van der Waals surface area (Å²) in [4.78, 5) is 0.221. The molecule has 0 radical (unpaired) electrons. The molecule has 0 atom stereocenters. The molecule has 1 fully saturated rings. The van der Waals surface area contributed by atoms with Gasteiger partial charge in [-0.15, -0.1) is 0 Å². The Morgan fingerprint density at radius 3 is 2.23 bits per heavy atom. The number of rotatable bonds is 9. The highest BCUT2D eigenvalue weighted by atomic mass is 35.5. The fraction of sp³-hybridized carbons (Fsp3) is 0.368. The molecule has 0 saturated carbocycles. The average Bonchev–Trinajstić information content (AvgIpc) is 3.24. The lowest BCUT2D eigenvalue weighted by Gasteiger charge is -2.15. The molecule has 0 aliphatic carbocycles. The second-order valence-corrected chi connectivity index (χ2v) is 11.4. The van der Waals surface area contributed by atoms with Crippen LogP contribution in [0.3, 0.4) is 0 Å². The lowest BCUT2D eigenvalue weighted by atomic mass is 10.2. The predicted octanol–water partition coefficient (Wildman–Crippen LogP) is 3.28. The highest BCUT2D eigenvalue weighted by Gasteiger charge is 2.26. The Morgan fingerprint density at radius 2 is 1.60 bits per heavy atom. The van der Waals surface area contributed by atoms with Crippen molar-refractivity contribution in [1.29, 1.82) is 0 Å². The second-order valence-electron chi connectivity index (χ2n) is 6.83. The first kappa shape index (κ1) is 23.3. The van der Waals surface area contributed by atoms with Crippen molar-refractivity contribution < 1.29 is 21.6 Å². The molecule has 0 amide bonds. The van der Waals surface area contributed by atoms with Gasteiger partial charge in [0.25, 0.3) is 0 Å². The molecule has 1 aliphatic heterocycles. The van der Waals surface area contributed by atoms with Gasteiger partial charge in [-0.05, 0) is 54.8 Å². The Hall–Kier alpha value is -1.36. The van der Waals surface area contributed by atoms with Crippen LogP contribution in [-0.4, -0.2) is 47.4 Å². The standard InChI is InChI=1S/C19H22Cl2N2O5S2/c20-18-8-3-15(13-19(18)21)14-29(24,25)22-9-12-28-16-4-6-17(7-5-16)30(26,27)23-10-1-2-11-23/h3-8,13,22H,1-2,9-12,14H2. The zero-order chi connectivity index (χ0) is 21.8. The van der Waals surface area contributed by atoms with Gasteiger partial charge in [-0.3, -0.25) is 0 Å². The normalized spacial score (nSPS) is 15.4. The summed E-state index contributed by atoms with van der Waals surface area (Å²) in [6.45, 7) is 1.25. The van der Waals surface area contributed by atoms with Crippen molar-refractivity contribution in [2.75, 3.05) is 26.2 Å². The van der Waals surface area contributed by atoms with E-state index in [1.54, 1.807) is 24.3 Å². The van der Waals surface area contributed by atoms with Crippen LogP contribution in [0.1, 0.15) is 18.4 Å². The monoisotopic (exact) mass is 492 g/mol. The Balaban J connectivity index is 1.48. The quantitative estimate of drug-likeness (QED) is 0.542. The van der Waals surface area contributed by atoms with Crippen molar-refractivity contribution in [1.82, 2.24) is 9.03 Å². The molecule has 1 N–H and O–H groups in total. The lowest BCUT2D eigenvalue weighted by molar-refractivity contribution is 0.322. The van der Waals surface area contributed by atoms with E-state index in [1.165, 1.54) is 22.5 Å². The smallest absolute Gasteiger partial charge is 0.243 e. The van der Waals surface area contributed by atoms with Crippen LogP contribution in [0.15, 0.2) is 47.4 Å². The number of halogens is 2. The van der Waals surface area contributed by atoms with Gasteiger partial charge in [-0.25, -0.2) is 21.6 Å². The fourth-order valence-electron chi connectivity index (χ4n) is 3.05. The topological polar surface area (TPSA) is 92.8 Å². The third-order valence-corrected chi connectivity index (χ3v) is 8.57. The molecule has 1 aliphatic rings. The van der Waals surface area contributed by atoms with Crippen molar-refractivity contribution in [3.05, 3.63) is 58.1 Å². The summed E-state index contributed by atoms with van der Waals surface area (Å²) in [5.74, 6) is 0.228. The highest BCUT2D eigenvalue weighted by Crippen LogP contribution is 2.24. The Morgan fingerprint density at radius 1 is 0.933 bits per heavy atom. The number of nitrogens with zero attached hydrogens (tertiary/aromatic N) is 1. The van der Waals surface area contributed by atoms with E-state index in [1.807, 2.05) is 0 Å². The van der Waals surface area contributed by atoms with Crippen LogP contribution < -0.4 is 9.46 Å². The first-order chi connectivity index (χ1) is 14.2. The van der Waals surface area contributed by atoms with E-state index >= 15 is 0 Å². The van der Waals surface area contributed by atoms with Crippen LogP contribution >= 0.6 is 23.2 Å². The van der Waals surface area contributed by atoms with E-state index in [-0.39, 0.29) is 23.8 Å². The zero-order valence-electron chi connectivity index (χ0n) is 16.1. The van der Waals surface area contributed by atoms with Gasteiger partial charge in [0.2, 0.25) is 20.0 Å². The first-order valence-corrected chi connectivity index (χ1v) is 13.2. The third kappa shape index (κ3) is 6.09. The van der Waals surface area contributed by atoms with Gasteiger partial charge in [0.1, 0.15) is 12.4 Å². The Kier molecular flexibility index (Phi) is 7.65. The van der Waals surface area contributed by atoms with E-state index in [4.69, 9.17) is 27.9 Å². The van der Waals surface area contributed by atoms with Crippen molar-refractivity contribution in [2.45, 2.75) is 23.5 Å². The van der Waals surface area contributed by atoms with Gasteiger partial charge in [0.15, 0.2) is 0 Å². The molecule has 0 spiro atoms. The van der Waals surface area contributed by atoms with E-state index in [0.29, 0.717) is 34.4 Å². The van der Waals surface area contributed by atoms with Crippen LogP contribution in [0.5, 0.6) is 5.75 Å². The minimum absolute atomic E-state index is 0.0669. The summed E-state index contributed by atoms with van der Waals surface area (Å²) < 4.78 is 58.8. The van der Waals surface area contributed by atoms with Crippen LogP contribution in [0.25, 0.3) is 0 Å². The molecule has 2 aromatic carbocycles. The van der Waals surface area contributed by atoms with E-state index in [9.17, 15) is 16.8 Å². The third-order valence-electron chi connectivity index (χ3n) is 4.56. The summed E-state index contributed by atoms with van der Waals surface area (Å²) >= 11 is 11.7. The largest absolute Gasteiger partial charge is 0.492 e. The number of hydrogen-bond acceptors (Lipinski definition) is 5. The summed E-state index contributed by atoms with van der Waals surface area (Å²) in [7, 11) is -7.04. The number of hydrogen-bond donors (Lipinski definition) is 1. The van der Waals surface area contributed by atoms with Crippen LogP contribution in [-0.2, 0) is 25.8 Å². The second kappa shape index (κ2) is 9.84. The molecule has 3 rings (SSSR count). The zero-order valence-corrected chi connectivity index (χ0v) is 19.2. The number of nitrogens with one attached hydrogen (secondary N) is 1. The van der Waals surface area contributed by atoms with Crippen molar-refractivity contribution >= 4 is 43.2 Å². The summed E-state index contributed by atoms with van der Waals surface area (Å²) in [6.07, 6.45) is 1.75. The maximum absolute atomic E-state index is 12.5. The average molecular weight is 493 g/mol. The molecule has 7 nitrogen and oxygen atoms in total. The van der Waals surface area contributed by atoms with Crippen LogP contribution in [0, 0.1) is 0 Å². The number of ether oxygens (including phenoxy) is 1. The lowest BCUT2D eigenvalue weighted by Crippen LogP contribution is -2.29. The predicted molar refractivity (Wildman–Crippen MR) is 117 cm³/mol. The molecule has 2 aromatic rings. The van der Waals surface area contributed by atoms with Gasteiger partial charge < -0.3 is 4.74 Å². The molecule has 30 heavy (non-hydrogen) atoms. The molecular formula is C19H22Cl2N2O5S2. The molecule has 0 unspecified atom stereocenters. The highest BCUT2D eigenvalue weighted by molar-refractivity contribution is 7.89. The molecule has 1 heterocycles. The van der Waals surface area contributed by atoms with E-state index in [2.05, 4.69) is 4.72 Å². The van der Waals surface area contributed by atoms with Crippen molar-refractivity contribution in [3.8, 4) is 5.75 Å². The Bertz CT molecular complexity index is 1080. The first-order valence-electron chi connectivity index (χ1n) is 9.32. The molecule has 11 heteroatoms.